The number of hydrogen-bond donors (Lipinski definition) is 3. The van der Waals surface area contributed by atoms with Crippen molar-refractivity contribution in [3.8, 4) is 0 Å². The lowest BCUT2D eigenvalue weighted by Gasteiger charge is -2.13. The average molecular weight is 313 g/mol. The maximum atomic E-state index is 13.9. The van der Waals surface area contributed by atoms with Crippen LogP contribution in [0.4, 0.5) is 15.8 Å². The van der Waals surface area contributed by atoms with Gasteiger partial charge in [0.25, 0.3) is 0 Å². The highest BCUT2D eigenvalue weighted by molar-refractivity contribution is 5.98. The third-order valence-corrected chi connectivity index (χ3v) is 4.13. The second kappa shape index (κ2) is 6.38. The highest BCUT2D eigenvalue weighted by atomic mass is 19.1. The smallest absolute Gasteiger partial charge is 0.247 e. The van der Waals surface area contributed by atoms with Crippen LogP contribution in [0.5, 0.6) is 0 Å². The zero-order valence-corrected chi connectivity index (χ0v) is 13.0. The third-order valence-electron chi connectivity index (χ3n) is 4.13. The lowest BCUT2D eigenvalue weighted by Crippen LogP contribution is -2.32. The molecular formula is C18H20FN3O. The summed E-state index contributed by atoms with van der Waals surface area (Å²) in [6.45, 7) is 2.47. The van der Waals surface area contributed by atoms with Crippen LogP contribution >= 0.6 is 0 Å². The number of nitrogens with two attached hydrogens (primary N) is 1. The molecule has 23 heavy (non-hydrogen) atoms. The van der Waals surface area contributed by atoms with Gasteiger partial charge in [-0.1, -0.05) is 18.2 Å². The lowest BCUT2D eigenvalue weighted by molar-refractivity contribution is -0.116. The van der Waals surface area contributed by atoms with Crippen molar-refractivity contribution >= 4 is 17.3 Å². The zero-order chi connectivity index (χ0) is 16.4. The Kier molecular flexibility index (Phi) is 4.30. The van der Waals surface area contributed by atoms with E-state index in [9.17, 15) is 9.18 Å². The second-order valence-corrected chi connectivity index (χ2v) is 5.85. The Hall–Kier alpha value is -2.40. The van der Waals surface area contributed by atoms with E-state index in [4.69, 9.17) is 5.73 Å². The van der Waals surface area contributed by atoms with Crippen LogP contribution in [-0.2, 0) is 17.6 Å². The molecule has 2 aromatic carbocycles. The molecule has 1 aliphatic heterocycles. The average Bonchev–Trinajstić information content (AvgIpc) is 2.98. The Morgan fingerprint density at radius 1 is 1.39 bits per heavy atom. The highest BCUT2D eigenvalue weighted by Gasteiger charge is 2.30. The summed E-state index contributed by atoms with van der Waals surface area (Å²) >= 11 is 0. The van der Waals surface area contributed by atoms with Crippen molar-refractivity contribution in [2.24, 2.45) is 5.73 Å². The Labute approximate surface area is 134 Å². The molecule has 0 spiro atoms. The molecule has 1 aliphatic rings. The van der Waals surface area contributed by atoms with Crippen molar-refractivity contribution in [3.05, 3.63) is 58.9 Å². The summed E-state index contributed by atoms with van der Waals surface area (Å²) in [4.78, 5) is 12.5. The molecule has 5 heteroatoms. The van der Waals surface area contributed by atoms with Gasteiger partial charge in [0.2, 0.25) is 5.91 Å². The minimum Gasteiger partial charge on any atom is -0.373 e. The van der Waals surface area contributed by atoms with E-state index in [2.05, 4.69) is 10.6 Å². The maximum Gasteiger partial charge on any atom is 0.247 e. The number of aryl methyl sites for hydroxylation is 1. The molecule has 0 saturated heterocycles. The molecule has 0 aliphatic carbocycles. The van der Waals surface area contributed by atoms with Crippen LogP contribution in [0.15, 0.2) is 36.4 Å². The molecule has 1 unspecified atom stereocenters. The molecular weight excluding hydrogens is 293 g/mol. The van der Waals surface area contributed by atoms with Gasteiger partial charge in [-0.3, -0.25) is 4.79 Å². The molecule has 1 heterocycles. The first kappa shape index (κ1) is 15.5. The molecule has 0 fully saturated rings. The number of amides is 1. The molecule has 0 radical (unpaired) electrons. The van der Waals surface area contributed by atoms with Gasteiger partial charge in [-0.25, -0.2) is 4.39 Å². The summed E-state index contributed by atoms with van der Waals surface area (Å²) in [5.41, 5.74) is 9.64. The fourth-order valence-electron chi connectivity index (χ4n) is 2.93. The van der Waals surface area contributed by atoms with Crippen LogP contribution in [0.25, 0.3) is 0 Å². The number of carbonyl (C=O) groups is 1. The van der Waals surface area contributed by atoms with Crippen molar-refractivity contribution < 1.29 is 9.18 Å². The van der Waals surface area contributed by atoms with E-state index in [1.54, 1.807) is 6.07 Å². The fourth-order valence-corrected chi connectivity index (χ4v) is 2.93. The summed E-state index contributed by atoms with van der Waals surface area (Å²) in [6, 6.07) is 10.3. The van der Waals surface area contributed by atoms with Gasteiger partial charge in [0.05, 0.1) is 0 Å². The SMILES string of the molecule is Cc1ccc(F)c2c1NC(C(=O)Nc1cccc(CCN)c1)C2. The largest absolute Gasteiger partial charge is 0.373 e. The summed E-state index contributed by atoms with van der Waals surface area (Å²) in [5, 5.41) is 6.02. The van der Waals surface area contributed by atoms with Crippen molar-refractivity contribution in [2.45, 2.75) is 25.8 Å². The topological polar surface area (TPSA) is 67.2 Å². The molecule has 4 N–H and O–H groups in total. The summed E-state index contributed by atoms with van der Waals surface area (Å²) in [5.74, 6) is -0.428. The summed E-state index contributed by atoms with van der Waals surface area (Å²) in [6.07, 6.45) is 1.12. The van der Waals surface area contributed by atoms with E-state index >= 15 is 0 Å². The van der Waals surface area contributed by atoms with Gasteiger partial charge >= 0.3 is 0 Å². The van der Waals surface area contributed by atoms with E-state index in [0.717, 1.165) is 28.9 Å². The van der Waals surface area contributed by atoms with Crippen LogP contribution in [-0.4, -0.2) is 18.5 Å². The first-order valence-corrected chi connectivity index (χ1v) is 7.73. The minimum atomic E-state index is -0.459. The fraction of sp³-hybridized carbons (Fsp3) is 0.278. The van der Waals surface area contributed by atoms with Gasteiger partial charge in [-0.15, -0.1) is 0 Å². The minimum absolute atomic E-state index is 0.162. The van der Waals surface area contributed by atoms with E-state index in [1.165, 1.54) is 6.07 Å². The lowest BCUT2D eigenvalue weighted by atomic mass is 10.1. The molecule has 0 saturated carbocycles. The zero-order valence-electron chi connectivity index (χ0n) is 13.0. The van der Waals surface area contributed by atoms with Crippen LogP contribution < -0.4 is 16.4 Å². The predicted octanol–water partition coefficient (Wildman–Crippen LogP) is 2.61. The van der Waals surface area contributed by atoms with E-state index in [-0.39, 0.29) is 11.7 Å². The Bertz CT molecular complexity index is 714. The van der Waals surface area contributed by atoms with Crippen LogP contribution in [0.3, 0.4) is 0 Å². The standard InChI is InChI=1S/C18H20FN3O/c1-11-5-6-15(19)14-10-16(22-17(11)14)18(23)21-13-4-2-3-12(9-13)7-8-20/h2-6,9,16,22H,7-8,10,20H2,1H3,(H,21,23). The number of fused-ring (bicyclic) bond motifs is 1. The quantitative estimate of drug-likeness (QED) is 0.813. The summed E-state index contributed by atoms with van der Waals surface area (Å²) < 4.78 is 13.9. The number of hydrogen-bond acceptors (Lipinski definition) is 3. The number of anilines is 2. The van der Waals surface area contributed by atoms with Crippen molar-refractivity contribution in [3.63, 3.8) is 0 Å². The number of rotatable bonds is 4. The normalized spacial score (nSPS) is 15.9. The van der Waals surface area contributed by atoms with E-state index in [1.807, 2.05) is 31.2 Å². The number of nitrogens with one attached hydrogen (secondary N) is 2. The Morgan fingerprint density at radius 3 is 2.96 bits per heavy atom. The molecule has 3 rings (SSSR count). The molecule has 1 atom stereocenters. The Balaban J connectivity index is 1.72. The molecule has 120 valence electrons. The second-order valence-electron chi connectivity index (χ2n) is 5.85. The summed E-state index contributed by atoms with van der Waals surface area (Å²) in [7, 11) is 0. The van der Waals surface area contributed by atoms with Crippen LogP contribution in [0.2, 0.25) is 0 Å². The van der Waals surface area contributed by atoms with Gasteiger partial charge in [0, 0.05) is 23.4 Å². The van der Waals surface area contributed by atoms with Crippen molar-refractivity contribution in [1.29, 1.82) is 0 Å². The van der Waals surface area contributed by atoms with E-state index < -0.39 is 6.04 Å². The van der Waals surface area contributed by atoms with Gasteiger partial charge in [-0.05, 0) is 49.2 Å². The predicted molar refractivity (Wildman–Crippen MR) is 90.1 cm³/mol. The van der Waals surface area contributed by atoms with Gasteiger partial charge in [-0.2, -0.15) is 0 Å². The number of carbonyl (C=O) groups excluding carboxylic acids is 1. The molecule has 2 aromatic rings. The van der Waals surface area contributed by atoms with Crippen molar-refractivity contribution in [1.82, 2.24) is 0 Å². The molecule has 0 aromatic heterocycles. The molecule has 4 nitrogen and oxygen atoms in total. The first-order chi connectivity index (χ1) is 11.1. The Morgan fingerprint density at radius 2 is 2.22 bits per heavy atom. The first-order valence-electron chi connectivity index (χ1n) is 7.73. The third kappa shape index (κ3) is 3.19. The van der Waals surface area contributed by atoms with Gasteiger partial charge < -0.3 is 16.4 Å². The number of halogens is 1. The van der Waals surface area contributed by atoms with Gasteiger partial charge in [0.15, 0.2) is 0 Å². The molecule has 0 bridgehead atoms. The van der Waals surface area contributed by atoms with Crippen molar-refractivity contribution in [2.75, 3.05) is 17.2 Å². The van der Waals surface area contributed by atoms with E-state index in [0.29, 0.717) is 18.5 Å². The van der Waals surface area contributed by atoms with Gasteiger partial charge in [0.1, 0.15) is 11.9 Å². The van der Waals surface area contributed by atoms with Crippen LogP contribution in [0.1, 0.15) is 16.7 Å². The maximum absolute atomic E-state index is 13.9. The molecule has 1 amide bonds. The number of benzene rings is 2. The highest BCUT2D eigenvalue weighted by Crippen LogP contribution is 2.31. The monoisotopic (exact) mass is 313 g/mol. The van der Waals surface area contributed by atoms with Crippen LogP contribution in [0, 0.1) is 12.7 Å².